The molecule has 2 rings (SSSR count). The van der Waals surface area contributed by atoms with Gasteiger partial charge < -0.3 is 4.43 Å². The average Bonchev–Trinajstić information content (AvgIpc) is 2.41. The van der Waals surface area contributed by atoms with Crippen LogP contribution in [-0.4, -0.2) is 8.32 Å². The minimum absolute atomic E-state index is 0.310. The predicted octanol–water partition coefficient (Wildman–Crippen LogP) is 4.10. The molecule has 0 aromatic carbocycles. The smallest absolute Gasteiger partial charge is 0.250 e. The quantitative estimate of drug-likeness (QED) is 0.505. The van der Waals surface area contributed by atoms with Crippen LogP contribution in [0.25, 0.3) is 0 Å². The van der Waals surface area contributed by atoms with Crippen LogP contribution in [0.5, 0.6) is 0 Å². The van der Waals surface area contributed by atoms with Crippen LogP contribution in [0.1, 0.15) is 27.2 Å². The van der Waals surface area contributed by atoms with Gasteiger partial charge in [0.1, 0.15) is 0 Å². The van der Waals surface area contributed by atoms with E-state index < -0.39 is 8.32 Å². The number of hydrogen-bond acceptors (Lipinski definition) is 1. The molecule has 0 bridgehead atoms. The lowest BCUT2D eigenvalue weighted by molar-refractivity contribution is 0.268. The fourth-order valence-corrected chi connectivity index (χ4v) is 3.02. The lowest BCUT2D eigenvalue weighted by Crippen LogP contribution is -2.43. The van der Waals surface area contributed by atoms with E-state index in [1.165, 1.54) is 12.2 Å². The first-order valence-corrected chi connectivity index (χ1v) is 8.79. The Hall–Kier alpha value is -0.503. The molecule has 0 heterocycles. The predicted molar refractivity (Wildman–Crippen MR) is 67.1 cm³/mol. The molecular formula is C13H22OSi. The van der Waals surface area contributed by atoms with Gasteiger partial charge in [0.15, 0.2) is 0 Å². The monoisotopic (exact) mass is 222 g/mol. The fraction of sp³-hybridized carbons (Fsp3) is 0.692. The molecule has 0 aromatic heterocycles. The van der Waals surface area contributed by atoms with Gasteiger partial charge >= 0.3 is 0 Å². The summed E-state index contributed by atoms with van der Waals surface area (Å²) in [7, 11) is -1.59. The molecule has 2 atom stereocenters. The highest BCUT2D eigenvalue weighted by Crippen LogP contribution is 2.46. The zero-order valence-corrected chi connectivity index (χ0v) is 11.5. The summed E-state index contributed by atoms with van der Waals surface area (Å²) in [5, 5.41) is 0.310. The lowest BCUT2D eigenvalue weighted by Gasteiger charge is -2.42. The Labute approximate surface area is 94.3 Å². The van der Waals surface area contributed by atoms with Crippen LogP contribution in [0, 0.1) is 11.8 Å². The maximum atomic E-state index is 6.31. The van der Waals surface area contributed by atoms with Crippen molar-refractivity contribution >= 4 is 8.32 Å². The normalized spacial score (nSPS) is 29.5. The number of fused-ring (bicyclic) bond motifs is 1. The Bertz CT molecular complexity index is 320. The molecule has 0 amide bonds. The third-order valence-electron chi connectivity index (χ3n) is 4.11. The van der Waals surface area contributed by atoms with Gasteiger partial charge in [-0.1, -0.05) is 32.9 Å². The molecular weight excluding hydrogens is 200 g/mol. The van der Waals surface area contributed by atoms with Crippen LogP contribution >= 0.6 is 0 Å². The van der Waals surface area contributed by atoms with Gasteiger partial charge in [-0.3, -0.25) is 0 Å². The molecule has 2 aliphatic carbocycles. The average molecular weight is 222 g/mol. The van der Waals surface area contributed by atoms with E-state index in [2.05, 4.69) is 52.1 Å². The van der Waals surface area contributed by atoms with Crippen molar-refractivity contribution in [2.75, 3.05) is 0 Å². The van der Waals surface area contributed by atoms with Crippen molar-refractivity contribution in [2.45, 2.75) is 45.3 Å². The van der Waals surface area contributed by atoms with Gasteiger partial charge in [-0.15, -0.1) is 0 Å². The van der Waals surface area contributed by atoms with Crippen LogP contribution in [-0.2, 0) is 4.43 Å². The van der Waals surface area contributed by atoms with E-state index in [4.69, 9.17) is 4.43 Å². The lowest BCUT2D eigenvalue weighted by atomic mass is 9.83. The van der Waals surface area contributed by atoms with Crippen molar-refractivity contribution < 1.29 is 4.43 Å². The Morgan fingerprint density at radius 3 is 2.53 bits per heavy atom. The number of allylic oxidation sites excluding steroid dienone is 4. The maximum absolute atomic E-state index is 6.31. The summed E-state index contributed by atoms with van der Waals surface area (Å²) in [6.45, 7) is 11.5. The Kier molecular flexibility index (Phi) is 2.38. The van der Waals surface area contributed by atoms with E-state index in [9.17, 15) is 0 Å². The summed E-state index contributed by atoms with van der Waals surface area (Å²) in [6.07, 6.45) is 8.08. The minimum Gasteiger partial charge on any atom is -0.546 e. The number of hydrogen-bond donors (Lipinski definition) is 0. The molecule has 0 saturated heterocycles. The first-order valence-electron chi connectivity index (χ1n) is 5.89. The second-order valence-corrected chi connectivity index (χ2v) is 11.0. The highest BCUT2D eigenvalue weighted by Gasteiger charge is 2.43. The van der Waals surface area contributed by atoms with Crippen molar-refractivity contribution in [1.29, 1.82) is 0 Å². The fourth-order valence-electron chi connectivity index (χ4n) is 1.90. The van der Waals surface area contributed by atoms with Crippen LogP contribution in [0.4, 0.5) is 0 Å². The zero-order chi connectivity index (χ0) is 11.3. The SMILES string of the molecule is CC(C)(C)[Si](C)(C)OC1=C[C@H]2C=CC[C@@H]12. The van der Waals surface area contributed by atoms with Crippen molar-refractivity contribution in [1.82, 2.24) is 0 Å². The molecule has 2 aliphatic rings. The van der Waals surface area contributed by atoms with Gasteiger partial charge in [0.25, 0.3) is 0 Å². The maximum Gasteiger partial charge on any atom is 0.250 e. The third kappa shape index (κ3) is 1.80. The molecule has 0 spiro atoms. The number of rotatable bonds is 2. The van der Waals surface area contributed by atoms with Gasteiger partial charge in [0.05, 0.1) is 5.76 Å². The second-order valence-electron chi connectivity index (χ2n) is 6.28. The van der Waals surface area contributed by atoms with Crippen molar-refractivity contribution in [3.8, 4) is 0 Å². The highest BCUT2D eigenvalue weighted by molar-refractivity contribution is 6.74. The van der Waals surface area contributed by atoms with E-state index in [0.29, 0.717) is 16.9 Å². The first kappa shape index (κ1) is 11.0. The van der Waals surface area contributed by atoms with Gasteiger partial charge in [0, 0.05) is 11.8 Å². The minimum atomic E-state index is -1.59. The molecule has 0 aliphatic heterocycles. The highest BCUT2D eigenvalue weighted by atomic mass is 28.4. The summed E-state index contributed by atoms with van der Waals surface area (Å²) in [4.78, 5) is 0. The van der Waals surface area contributed by atoms with Gasteiger partial charge in [-0.25, -0.2) is 0 Å². The summed E-state index contributed by atoms with van der Waals surface area (Å²) in [6, 6.07) is 0. The molecule has 1 nitrogen and oxygen atoms in total. The molecule has 0 saturated carbocycles. The van der Waals surface area contributed by atoms with Gasteiger partial charge in [-0.2, -0.15) is 0 Å². The molecule has 0 unspecified atom stereocenters. The Morgan fingerprint density at radius 1 is 1.33 bits per heavy atom. The van der Waals surface area contributed by atoms with Crippen LogP contribution in [0.3, 0.4) is 0 Å². The van der Waals surface area contributed by atoms with Crippen LogP contribution in [0.15, 0.2) is 24.0 Å². The summed E-state index contributed by atoms with van der Waals surface area (Å²) in [5.74, 6) is 2.64. The second kappa shape index (κ2) is 3.24. The van der Waals surface area contributed by atoms with Crippen LogP contribution < -0.4 is 0 Å². The molecule has 15 heavy (non-hydrogen) atoms. The Balaban J connectivity index is 2.02. The van der Waals surface area contributed by atoms with E-state index in [-0.39, 0.29) is 0 Å². The molecule has 0 aromatic rings. The molecule has 0 N–H and O–H groups in total. The molecule has 2 heteroatoms. The zero-order valence-electron chi connectivity index (χ0n) is 10.5. The van der Waals surface area contributed by atoms with Crippen molar-refractivity contribution in [3.05, 3.63) is 24.0 Å². The van der Waals surface area contributed by atoms with Crippen molar-refractivity contribution in [3.63, 3.8) is 0 Å². The van der Waals surface area contributed by atoms with E-state index in [1.54, 1.807) is 0 Å². The third-order valence-corrected chi connectivity index (χ3v) is 8.47. The Morgan fingerprint density at radius 2 is 2.00 bits per heavy atom. The van der Waals surface area contributed by atoms with Gasteiger partial charge in [0.2, 0.25) is 8.32 Å². The first-order chi connectivity index (χ1) is 6.81. The largest absolute Gasteiger partial charge is 0.546 e. The van der Waals surface area contributed by atoms with Crippen molar-refractivity contribution in [2.24, 2.45) is 11.8 Å². The van der Waals surface area contributed by atoms with E-state index in [1.807, 2.05) is 0 Å². The summed E-state index contributed by atoms with van der Waals surface area (Å²) < 4.78 is 6.31. The van der Waals surface area contributed by atoms with Gasteiger partial charge in [-0.05, 0) is 30.6 Å². The summed E-state index contributed by atoms with van der Waals surface area (Å²) in [5.41, 5.74) is 0. The molecule has 0 radical (unpaired) electrons. The summed E-state index contributed by atoms with van der Waals surface area (Å²) >= 11 is 0. The van der Waals surface area contributed by atoms with Crippen LogP contribution in [0.2, 0.25) is 18.1 Å². The van der Waals surface area contributed by atoms with E-state index in [0.717, 1.165) is 0 Å². The van der Waals surface area contributed by atoms with E-state index >= 15 is 0 Å². The molecule has 0 fully saturated rings. The topological polar surface area (TPSA) is 9.23 Å². The standard InChI is InChI=1S/C13H22OSi/c1-13(2,3)15(4,5)14-12-9-10-7-6-8-11(10)12/h6-7,9-11H,8H2,1-5H3/t10-,11-/m1/s1. The molecule has 84 valence electrons.